The maximum absolute atomic E-state index is 12.5. The molecule has 8 nitrogen and oxygen atoms in total. The number of carbonyl (C=O) groups is 1. The van der Waals surface area contributed by atoms with Crippen LogP contribution in [0.2, 0.25) is 10.0 Å². The number of hydrogen-bond donors (Lipinski definition) is 1. The van der Waals surface area contributed by atoms with Gasteiger partial charge in [-0.1, -0.05) is 55.2 Å². The van der Waals surface area contributed by atoms with E-state index in [4.69, 9.17) is 27.9 Å². The molecule has 0 radical (unpaired) electrons. The molecule has 1 amide bonds. The lowest BCUT2D eigenvalue weighted by Crippen LogP contribution is -2.15. The Morgan fingerprint density at radius 1 is 1.03 bits per heavy atom. The van der Waals surface area contributed by atoms with E-state index >= 15 is 0 Å². The van der Waals surface area contributed by atoms with Crippen molar-refractivity contribution in [3.63, 3.8) is 0 Å². The Labute approximate surface area is 201 Å². The maximum atomic E-state index is 12.5. The molecule has 1 N–H and O–H groups in total. The Bertz CT molecular complexity index is 1250. The molecule has 0 aliphatic heterocycles. The molecule has 0 saturated carbocycles. The van der Waals surface area contributed by atoms with Gasteiger partial charge >= 0.3 is 0 Å². The van der Waals surface area contributed by atoms with E-state index in [-0.39, 0.29) is 18.4 Å². The number of anilines is 1. The van der Waals surface area contributed by atoms with Crippen LogP contribution in [0.3, 0.4) is 0 Å². The summed E-state index contributed by atoms with van der Waals surface area (Å²) in [6.45, 7) is 4.90. The highest BCUT2D eigenvalue weighted by molar-refractivity contribution is 6.42. The van der Waals surface area contributed by atoms with Crippen LogP contribution in [0.4, 0.5) is 5.95 Å². The van der Waals surface area contributed by atoms with Gasteiger partial charge in [0.05, 0.1) is 16.6 Å². The Morgan fingerprint density at radius 3 is 2.55 bits per heavy atom. The second-order valence-electron chi connectivity index (χ2n) is 7.71. The molecule has 0 fully saturated rings. The predicted molar refractivity (Wildman–Crippen MR) is 127 cm³/mol. The summed E-state index contributed by atoms with van der Waals surface area (Å²) in [5, 5.41) is 12.1. The number of carbonyl (C=O) groups excluding carboxylic acids is 1. The zero-order chi connectivity index (χ0) is 23.4. The minimum atomic E-state index is -0.415. The molecule has 0 unspecified atom stereocenters. The van der Waals surface area contributed by atoms with Crippen LogP contribution in [-0.2, 0) is 13.3 Å². The zero-order valence-corrected chi connectivity index (χ0v) is 19.6. The average molecular weight is 485 g/mol. The molecule has 0 atom stereocenters. The number of ether oxygens (including phenoxy) is 1. The van der Waals surface area contributed by atoms with E-state index in [9.17, 15) is 4.79 Å². The van der Waals surface area contributed by atoms with E-state index < -0.39 is 5.91 Å². The Hall–Kier alpha value is -3.36. The van der Waals surface area contributed by atoms with Crippen molar-refractivity contribution in [1.82, 2.24) is 24.5 Å². The first-order valence-corrected chi connectivity index (χ1v) is 11.0. The average Bonchev–Trinajstić information content (AvgIpc) is 3.45. The molecular weight excluding hydrogens is 463 g/mol. The Morgan fingerprint density at radius 2 is 1.82 bits per heavy atom. The zero-order valence-electron chi connectivity index (χ0n) is 18.1. The topological polar surface area (TPSA) is 86.9 Å². The van der Waals surface area contributed by atoms with Crippen molar-refractivity contribution in [2.24, 2.45) is 0 Å². The monoisotopic (exact) mass is 484 g/mol. The van der Waals surface area contributed by atoms with E-state index in [2.05, 4.69) is 34.3 Å². The minimum absolute atomic E-state index is 0.177. The maximum Gasteiger partial charge on any atom is 0.278 e. The number of nitrogens with zero attached hydrogens (tertiary/aromatic N) is 5. The third kappa shape index (κ3) is 5.91. The smallest absolute Gasteiger partial charge is 0.278 e. The van der Waals surface area contributed by atoms with E-state index in [1.54, 1.807) is 33.8 Å². The van der Waals surface area contributed by atoms with Gasteiger partial charge in [0.1, 0.15) is 12.1 Å². The Kier molecular flexibility index (Phi) is 6.96. The molecule has 2 aromatic heterocycles. The van der Waals surface area contributed by atoms with Gasteiger partial charge in [0.25, 0.3) is 5.91 Å². The fourth-order valence-electron chi connectivity index (χ4n) is 3.06. The van der Waals surface area contributed by atoms with Crippen LogP contribution in [0.1, 0.15) is 41.4 Å². The number of benzene rings is 2. The molecule has 0 bridgehead atoms. The van der Waals surface area contributed by atoms with Crippen molar-refractivity contribution in [2.45, 2.75) is 33.0 Å². The highest BCUT2D eigenvalue weighted by Crippen LogP contribution is 2.23. The summed E-state index contributed by atoms with van der Waals surface area (Å²) < 4.78 is 8.87. The number of rotatable bonds is 8. The fraction of sp³-hybridized carbons (Fsp3) is 0.217. The molecule has 170 valence electrons. The number of aromatic nitrogens is 5. The van der Waals surface area contributed by atoms with Crippen LogP contribution >= 0.6 is 23.2 Å². The van der Waals surface area contributed by atoms with Gasteiger partial charge in [0.2, 0.25) is 5.95 Å². The van der Waals surface area contributed by atoms with Gasteiger partial charge in [-0.25, -0.2) is 14.3 Å². The number of halogens is 2. The SMILES string of the molecule is CC(C)c1ccc(OCn2ccc(C(=O)Nc3ncn(Cc4ccc(Cl)c(Cl)c4)n3)n2)cc1. The second kappa shape index (κ2) is 10.1. The van der Waals surface area contributed by atoms with E-state index in [0.29, 0.717) is 22.5 Å². The molecular formula is C23H22Cl2N6O2. The summed E-state index contributed by atoms with van der Waals surface area (Å²) in [6.07, 6.45) is 3.20. The molecule has 4 rings (SSSR count). The van der Waals surface area contributed by atoms with Gasteiger partial charge < -0.3 is 4.74 Å². The molecule has 0 saturated heterocycles. The van der Waals surface area contributed by atoms with Gasteiger partial charge in [-0.05, 0) is 47.4 Å². The molecule has 0 spiro atoms. The van der Waals surface area contributed by atoms with Crippen LogP contribution in [0.5, 0.6) is 5.75 Å². The van der Waals surface area contributed by atoms with Crippen molar-refractivity contribution in [1.29, 1.82) is 0 Å². The number of amides is 1. The first-order chi connectivity index (χ1) is 15.9. The van der Waals surface area contributed by atoms with Gasteiger partial charge in [-0.2, -0.15) is 5.10 Å². The number of nitrogens with one attached hydrogen (secondary N) is 1. The van der Waals surface area contributed by atoms with Crippen LogP contribution in [0.25, 0.3) is 0 Å². The third-order valence-corrected chi connectivity index (χ3v) is 5.61. The highest BCUT2D eigenvalue weighted by Gasteiger charge is 2.13. The fourth-order valence-corrected chi connectivity index (χ4v) is 3.38. The molecule has 10 heteroatoms. The lowest BCUT2D eigenvalue weighted by atomic mass is 10.0. The molecule has 2 heterocycles. The van der Waals surface area contributed by atoms with E-state index in [1.165, 1.54) is 11.9 Å². The first kappa shape index (κ1) is 22.8. The normalized spacial score (nSPS) is 11.1. The lowest BCUT2D eigenvalue weighted by Gasteiger charge is -2.09. The summed E-state index contributed by atoms with van der Waals surface area (Å²) in [7, 11) is 0. The summed E-state index contributed by atoms with van der Waals surface area (Å²) in [4.78, 5) is 16.6. The molecule has 4 aromatic rings. The van der Waals surface area contributed by atoms with Crippen LogP contribution < -0.4 is 10.1 Å². The molecule has 0 aliphatic rings. The largest absolute Gasteiger partial charge is 0.471 e. The van der Waals surface area contributed by atoms with Crippen LogP contribution in [-0.4, -0.2) is 30.5 Å². The van der Waals surface area contributed by atoms with E-state index in [0.717, 1.165) is 11.3 Å². The third-order valence-electron chi connectivity index (χ3n) is 4.87. The summed E-state index contributed by atoms with van der Waals surface area (Å²) in [5.41, 5.74) is 2.38. The van der Waals surface area contributed by atoms with Crippen LogP contribution in [0, 0.1) is 0 Å². The second-order valence-corrected chi connectivity index (χ2v) is 8.52. The first-order valence-electron chi connectivity index (χ1n) is 10.3. The Balaban J connectivity index is 1.31. The standard InChI is InChI=1S/C23H22Cl2N6O2/c1-15(2)17-4-6-18(7-5-17)33-14-30-10-9-21(28-30)22(32)27-23-26-13-31(29-23)12-16-3-8-19(24)20(25)11-16/h3-11,13,15H,12,14H2,1-2H3,(H,27,29,32). The van der Waals surface area contributed by atoms with Gasteiger partial charge in [-0.3, -0.25) is 10.1 Å². The van der Waals surface area contributed by atoms with Crippen molar-refractivity contribution >= 4 is 35.1 Å². The predicted octanol–water partition coefficient (Wildman–Crippen LogP) is 5.24. The quantitative estimate of drug-likeness (QED) is 0.369. The highest BCUT2D eigenvalue weighted by atomic mass is 35.5. The summed E-state index contributed by atoms with van der Waals surface area (Å²) >= 11 is 12.0. The van der Waals surface area contributed by atoms with Crippen LogP contribution in [0.15, 0.2) is 61.1 Å². The van der Waals surface area contributed by atoms with E-state index in [1.807, 2.05) is 30.3 Å². The summed E-state index contributed by atoms with van der Waals surface area (Å²) in [6, 6.07) is 14.9. The minimum Gasteiger partial charge on any atom is -0.471 e. The molecule has 2 aromatic carbocycles. The number of hydrogen-bond acceptors (Lipinski definition) is 5. The van der Waals surface area contributed by atoms with Crippen molar-refractivity contribution < 1.29 is 9.53 Å². The summed E-state index contributed by atoms with van der Waals surface area (Å²) in [5.74, 6) is 0.957. The van der Waals surface area contributed by atoms with Crippen molar-refractivity contribution in [3.05, 3.63) is 87.9 Å². The van der Waals surface area contributed by atoms with Crippen molar-refractivity contribution in [2.75, 3.05) is 5.32 Å². The van der Waals surface area contributed by atoms with Gasteiger partial charge in [0, 0.05) is 6.20 Å². The molecule has 0 aliphatic carbocycles. The van der Waals surface area contributed by atoms with Crippen molar-refractivity contribution in [3.8, 4) is 5.75 Å². The van der Waals surface area contributed by atoms with Gasteiger partial charge in [0.15, 0.2) is 12.4 Å². The lowest BCUT2D eigenvalue weighted by molar-refractivity contribution is 0.101. The molecule has 33 heavy (non-hydrogen) atoms. The van der Waals surface area contributed by atoms with Gasteiger partial charge in [-0.15, -0.1) is 5.10 Å².